The van der Waals surface area contributed by atoms with Crippen LogP contribution in [-0.4, -0.2) is 17.2 Å². The quantitative estimate of drug-likeness (QED) is 0.637. The van der Waals surface area contributed by atoms with Gasteiger partial charge in [-0.2, -0.15) is 8.78 Å². The van der Waals surface area contributed by atoms with Gasteiger partial charge in [-0.1, -0.05) is 55.2 Å². The van der Waals surface area contributed by atoms with Crippen molar-refractivity contribution in [1.82, 2.24) is 0 Å². The first-order valence-electron chi connectivity index (χ1n) is 7.89. The van der Waals surface area contributed by atoms with Crippen LogP contribution in [0, 0.1) is 6.92 Å². The predicted octanol–water partition coefficient (Wildman–Crippen LogP) is 6.07. The second-order valence-corrected chi connectivity index (χ2v) is 7.13. The molecule has 2 aromatic rings. The first-order chi connectivity index (χ1) is 12.0. The van der Waals surface area contributed by atoms with Gasteiger partial charge in [-0.3, -0.25) is 0 Å². The van der Waals surface area contributed by atoms with Gasteiger partial charge in [-0.05, 0) is 47.2 Å². The van der Waals surface area contributed by atoms with Crippen molar-refractivity contribution in [3.8, 4) is 5.75 Å². The van der Waals surface area contributed by atoms with E-state index in [0.29, 0.717) is 17.9 Å². The molecule has 0 saturated carbocycles. The summed E-state index contributed by atoms with van der Waals surface area (Å²) in [6.07, 6.45) is -3.95. The van der Waals surface area contributed by atoms with Crippen LogP contribution < -0.4 is 4.74 Å². The van der Waals surface area contributed by atoms with Gasteiger partial charge in [-0.25, -0.2) is 4.79 Å². The maximum absolute atomic E-state index is 13.2. The van der Waals surface area contributed by atoms with Crippen molar-refractivity contribution in [3.05, 3.63) is 62.6 Å². The Bertz CT molecular complexity index is 813. The van der Waals surface area contributed by atoms with Gasteiger partial charge in [0.15, 0.2) is 0 Å². The van der Waals surface area contributed by atoms with Crippen molar-refractivity contribution in [2.45, 2.75) is 39.2 Å². The van der Waals surface area contributed by atoms with E-state index in [1.807, 2.05) is 19.1 Å². The number of benzene rings is 2. The first kappa shape index (κ1) is 20.5. The Hall–Kier alpha value is -1.85. The number of hydrogen-bond acceptors (Lipinski definition) is 2. The van der Waals surface area contributed by atoms with E-state index in [0.717, 1.165) is 17.7 Å². The predicted molar refractivity (Wildman–Crippen MR) is 97.7 cm³/mol. The molecule has 0 unspecified atom stereocenters. The van der Waals surface area contributed by atoms with Gasteiger partial charge >= 0.3 is 12.1 Å². The highest BCUT2D eigenvalue weighted by Crippen LogP contribution is 2.34. The number of hydrogen-bond donors (Lipinski definition) is 1. The summed E-state index contributed by atoms with van der Waals surface area (Å²) >= 11 is 12.3. The van der Waals surface area contributed by atoms with Gasteiger partial charge in [0.1, 0.15) is 5.75 Å². The Kier molecular flexibility index (Phi) is 6.14. The maximum Gasteiger partial charge on any atom is 0.501 e. The second-order valence-electron chi connectivity index (χ2n) is 6.31. The van der Waals surface area contributed by atoms with Crippen molar-refractivity contribution < 1.29 is 23.4 Å². The number of carboxylic acid groups (broad SMARTS) is 1. The first-order valence-corrected chi connectivity index (χ1v) is 8.64. The SMILES string of the molecule is Cc1ccc(Cc2c(Cl)cc(OC(F)(F)C(=O)O)cc2Cl)cc1C(C)C. The third kappa shape index (κ3) is 4.65. The molecule has 0 fully saturated rings. The highest BCUT2D eigenvalue weighted by molar-refractivity contribution is 6.36. The number of carboxylic acids is 1. The number of rotatable bonds is 6. The summed E-state index contributed by atoms with van der Waals surface area (Å²) in [5, 5.41) is 8.69. The molecule has 2 aromatic carbocycles. The standard InChI is InChI=1S/C19H18Cl2F2O3/c1-10(2)14-6-12(5-4-11(14)3)7-15-16(20)8-13(9-17(15)21)26-19(22,23)18(24)25/h4-6,8-10H,7H2,1-3H3,(H,24,25). The number of halogens is 4. The number of alkyl halides is 2. The maximum atomic E-state index is 13.2. The van der Waals surface area contributed by atoms with Crippen LogP contribution in [0.5, 0.6) is 5.75 Å². The lowest BCUT2D eigenvalue weighted by Crippen LogP contribution is -2.34. The summed E-state index contributed by atoms with van der Waals surface area (Å²) in [5.74, 6) is -2.45. The molecular weight excluding hydrogens is 385 g/mol. The van der Waals surface area contributed by atoms with Gasteiger partial charge in [0.25, 0.3) is 0 Å². The molecular formula is C19H18Cl2F2O3. The molecule has 1 N–H and O–H groups in total. The fraction of sp³-hybridized carbons (Fsp3) is 0.316. The zero-order chi connectivity index (χ0) is 19.6. The normalized spacial score (nSPS) is 11.7. The van der Waals surface area contributed by atoms with Crippen LogP contribution in [0.1, 0.15) is 42.0 Å². The van der Waals surface area contributed by atoms with Crippen LogP contribution in [0.2, 0.25) is 10.0 Å². The van der Waals surface area contributed by atoms with Crippen molar-refractivity contribution in [2.75, 3.05) is 0 Å². The van der Waals surface area contributed by atoms with Crippen LogP contribution in [0.4, 0.5) is 8.78 Å². The lowest BCUT2D eigenvalue weighted by molar-refractivity contribution is -0.210. The molecule has 0 spiro atoms. The summed E-state index contributed by atoms with van der Waals surface area (Å²) < 4.78 is 30.6. The summed E-state index contributed by atoms with van der Waals surface area (Å²) in [5.41, 5.74) is 3.92. The van der Waals surface area contributed by atoms with Crippen LogP contribution in [0.25, 0.3) is 0 Å². The zero-order valence-corrected chi connectivity index (χ0v) is 16.0. The lowest BCUT2D eigenvalue weighted by Gasteiger charge is -2.16. The van der Waals surface area contributed by atoms with Gasteiger partial charge in [0, 0.05) is 16.5 Å². The van der Waals surface area contributed by atoms with Gasteiger partial charge in [0.2, 0.25) is 0 Å². The molecule has 2 rings (SSSR count). The van der Waals surface area contributed by atoms with Crippen LogP contribution >= 0.6 is 23.2 Å². The van der Waals surface area contributed by atoms with Gasteiger partial charge < -0.3 is 9.84 Å². The minimum Gasteiger partial charge on any atom is -0.474 e. The van der Waals surface area contributed by atoms with Crippen molar-refractivity contribution in [2.24, 2.45) is 0 Å². The molecule has 3 nitrogen and oxygen atoms in total. The fourth-order valence-corrected chi connectivity index (χ4v) is 3.23. The Labute approximate surface area is 160 Å². The smallest absolute Gasteiger partial charge is 0.474 e. The van der Waals surface area contributed by atoms with E-state index < -0.39 is 17.8 Å². The molecule has 0 radical (unpaired) electrons. The molecule has 26 heavy (non-hydrogen) atoms. The van der Waals surface area contributed by atoms with Crippen LogP contribution in [-0.2, 0) is 11.2 Å². The van der Waals surface area contributed by atoms with E-state index in [1.165, 1.54) is 11.1 Å². The third-order valence-corrected chi connectivity index (χ3v) is 4.63. The second kappa shape index (κ2) is 7.80. The topological polar surface area (TPSA) is 46.5 Å². The van der Waals surface area contributed by atoms with Gasteiger partial charge in [0.05, 0.1) is 0 Å². The minimum absolute atomic E-state index is 0.125. The summed E-state index contributed by atoms with van der Waals surface area (Å²) in [4.78, 5) is 10.5. The molecule has 0 heterocycles. The number of carbonyl (C=O) groups is 1. The number of aliphatic carboxylic acids is 1. The van der Waals surface area contributed by atoms with Crippen molar-refractivity contribution >= 4 is 29.2 Å². The van der Waals surface area contributed by atoms with E-state index in [-0.39, 0.29) is 10.0 Å². The number of ether oxygens (including phenoxy) is 1. The molecule has 7 heteroatoms. The molecule has 0 atom stereocenters. The monoisotopic (exact) mass is 402 g/mol. The fourth-order valence-electron chi connectivity index (χ4n) is 2.63. The van der Waals surface area contributed by atoms with E-state index >= 15 is 0 Å². The molecule has 140 valence electrons. The highest BCUT2D eigenvalue weighted by Gasteiger charge is 2.42. The molecule has 0 amide bonds. The van der Waals surface area contributed by atoms with E-state index in [9.17, 15) is 13.6 Å². The largest absolute Gasteiger partial charge is 0.501 e. The summed E-state index contributed by atoms with van der Waals surface area (Å²) in [6.45, 7) is 6.23. The number of aryl methyl sites for hydroxylation is 1. The molecule has 0 aliphatic rings. The minimum atomic E-state index is -4.36. The Morgan fingerprint density at radius 3 is 2.27 bits per heavy atom. The molecule has 0 aliphatic carbocycles. The van der Waals surface area contributed by atoms with Crippen LogP contribution in [0.15, 0.2) is 30.3 Å². The Morgan fingerprint density at radius 2 is 1.77 bits per heavy atom. The van der Waals surface area contributed by atoms with Gasteiger partial charge in [-0.15, -0.1) is 0 Å². The van der Waals surface area contributed by atoms with E-state index in [4.69, 9.17) is 28.3 Å². The molecule has 0 aliphatic heterocycles. The Morgan fingerprint density at radius 1 is 1.19 bits per heavy atom. The average Bonchev–Trinajstić information content (AvgIpc) is 2.51. The van der Waals surface area contributed by atoms with E-state index in [2.05, 4.69) is 24.7 Å². The van der Waals surface area contributed by atoms with Crippen LogP contribution in [0.3, 0.4) is 0 Å². The zero-order valence-electron chi connectivity index (χ0n) is 14.4. The molecule has 0 saturated heterocycles. The summed E-state index contributed by atoms with van der Waals surface area (Å²) in [6, 6.07) is 8.30. The average molecular weight is 403 g/mol. The van der Waals surface area contributed by atoms with E-state index in [1.54, 1.807) is 0 Å². The molecule has 0 aromatic heterocycles. The molecule has 0 bridgehead atoms. The van der Waals surface area contributed by atoms with Crippen molar-refractivity contribution in [3.63, 3.8) is 0 Å². The third-order valence-electron chi connectivity index (χ3n) is 3.96. The summed E-state index contributed by atoms with van der Waals surface area (Å²) in [7, 11) is 0. The Balaban J connectivity index is 2.32. The highest BCUT2D eigenvalue weighted by atomic mass is 35.5. The van der Waals surface area contributed by atoms with Crippen molar-refractivity contribution in [1.29, 1.82) is 0 Å². The lowest BCUT2D eigenvalue weighted by atomic mass is 9.93.